The number of anilines is 1. The Morgan fingerprint density at radius 3 is 2.71 bits per heavy atom. The van der Waals surface area contributed by atoms with Gasteiger partial charge >= 0.3 is 5.97 Å². The molecule has 0 bridgehead atoms. The quantitative estimate of drug-likeness (QED) is 0.876. The molecule has 0 fully saturated rings. The van der Waals surface area contributed by atoms with Crippen molar-refractivity contribution in [1.82, 2.24) is 9.38 Å². The highest BCUT2D eigenvalue weighted by Gasteiger charge is 2.17. The third-order valence-corrected chi connectivity index (χ3v) is 2.73. The summed E-state index contributed by atoms with van der Waals surface area (Å²) in [7, 11) is 3.83. The molecule has 0 unspecified atom stereocenters. The Balaban J connectivity index is 2.73. The number of aryl methyl sites for hydroxylation is 1. The van der Waals surface area contributed by atoms with Crippen LogP contribution in [0.4, 0.5) is 5.69 Å². The highest BCUT2D eigenvalue weighted by atomic mass is 16.4. The molecule has 0 amide bonds. The van der Waals surface area contributed by atoms with Crippen LogP contribution in [0.3, 0.4) is 0 Å². The Morgan fingerprint density at radius 2 is 2.18 bits per heavy atom. The molecule has 0 aliphatic rings. The van der Waals surface area contributed by atoms with Crippen LogP contribution in [0.1, 0.15) is 23.1 Å². The minimum absolute atomic E-state index is 0.256. The average molecular weight is 233 g/mol. The lowest BCUT2D eigenvalue weighted by molar-refractivity contribution is 0.0688. The molecule has 2 aromatic heterocycles. The average Bonchev–Trinajstić information content (AvgIpc) is 2.65. The molecule has 5 heteroatoms. The van der Waals surface area contributed by atoms with E-state index in [1.54, 1.807) is 10.6 Å². The fourth-order valence-electron chi connectivity index (χ4n) is 1.82. The van der Waals surface area contributed by atoms with E-state index in [9.17, 15) is 9.90 Å². The number of hydrogen-bond acceptors (Lipinski definition) is 3. The van der Waals surface area contributed by atoms with Crippen LogP contribution in [0.25, 0.3) is 5.65 Å². The van der Waals surface area contributed by atoms with Crippen molar-refractivity contribution < 1.29 is 9.90 Å². The SMILES string of the molecule is CCc1nc2ccc(N(C)C)cn2c1C(=O)O. The van der Waals surface area contributed by atoms with E-state index >= 15 is 0 Å². The van der Waals surface area contributed by atoms with Crippen LogP contribution in [0.2, 0.25) is 0 Å². The number of carboxylic acid groups (broad SMARTS) is 1. The molecule has 0 aromatic carbocycles. The first-order valence-electron chi connectivity index (χ1n) is 5.46. The fourth-order valence-corrected chi connectivity index (χ4v) is 1.82. The molecule has 0 aliphatic heterocycles. The number of carboxylic acids is 1. The maximum absolute atomic E-state index is 11.3. The largest absolute Gasteiger partial charge is 0.477 e. The first-order chi connectivity index (χ1) is 8.04. The van der Waals surface area contributed by atoms with E-state index < -0.39 is 5.97 Å². The lowest BCUT2D eigenvalue weighted by Crippen LogP contribution is -2.11. The highest BCUT2D eigenvalue weighted by molar-refractivity contribution is 5.88. The molecule has 17 heavy (non-hydrogen) atoms. The molecule has 0 spiro atoms. The minimum Gasteiger partial charge on any atom is -0.477 e. The van der Waals surface area contributed by atoms with Gasteiger partial charge in [-0.15, -0.1) is 0 Å². The molecular formula is C12H15N3O2. The normalized spacial score (nSPS) is 10.8. The molecule has 2 aromatic rings. The fraction of sp³-hybridized carbons (Fsp3) is 0.333. The molecule has 0 saturated heterocycles. The third-order valence-electron chi connectivity index (χ3n) is 2.73. The number of hydrogen-bond donors (Lipinski definition) is 1. The van der Waals surface area contributed by atoms with Crippen LogP contribution in [-0.2, 0) is 6.42 Å². The summed E-state index contributed by atoms with van der Waals surface area (Å²) in [6.45, 7) is 1.90. The summed E-state index contributed by atoms with van der Waals surface area (Å²) in [6, 6.07) is 3.76. The number of fused-ring (bicyclic) bond motifs is 1. The number of nitrogens with zero attached hydrogens (tertiary/aromatic N) is 3. The van der Waals surface area contributed by atoms with Crippen molar-refractivity contribution in [1.29, 1.82) is 0 Å². The van der Waals surface area contributed by atoms with Crippen molar-refractivity contribution >= 4 is 17.3 Å². The molecular weight excluding hydrogens is 218 g/mol. The van der Waals surface area contributed by atoms with Gasteiger partial charge in [-0.05, 0) is 18.6 Å². The Kier molecular flexibility index (Phi) is 2.75. The van der Waals surface area contributed by atoms with Gasteiger partial charge in [0.05, 0.1) is 11.4 Å². The Morgan fingerprint density at radius 1 is 1.47 bits per heavy atom. The minimum atomic E-state index is -0.940. The number of imidazole rings is 1. The summed E-state index contributed by atoms with van der Waals surface area (Å²) < 4.78 is 1.64. The molecule has 5 nitrogen and oxygen atoms in total. The first-order valence-corrected chi connectivity index (χ1v) is 5.46. The summed E-state index contributed by atoms with van der Waals surface area (Å²) in [5.41, 5.74) is 2.49. The summed E-state index contributed by atoms with van der Waals surface area (Å²) in [5.74, 6) is -0.940. The van der Waals surface area contributed by atoms with Gasteiger partial charge in [-0.3, -0.25) is 4.40 Å². The van der Waals surface area contributed by atoms with Crippen LogP contribution in [0, 0.1) is 0 Å². The lowest BCUT2D eigenvalue weighted by Gasteiger charge is -2.12. The zero-order valence-electron chi connectivity index (χ0n) is 10.1. The van der Waals surface area contributed by atoms with Crippen molar-refractivity contribution in [2.75, 3.05) is 19.0 Å². The van der Waals surface area contributed by atoms with E-state index in [2.05, 4.69) is 4.98 Å². The van der Waals surface area contributed by atoms with Crippen molar-refractivity contribution in [2.24, 2.45) is 0 Å². The smallest absolute Gasteiger partial charge is 0.354 e. The van der Waals surface area contributed by atoms with Gasteiger partial charge in [-0.1, -0.05) is 6.92 Å². The monoisotopic (exact) mass is 233 g/mol. The summed E-state index contributed by atoms with van der Waals surface area (Å²) >= 11 is 0. The lowest BCUT2D eigenvalue weighted by atomic mass is 10.2. The topological polar surface area (TPSA) is 57.8 Å². The molecule has 2 rings (SSSR count). The standard InChI is InChI=1S/C12H15N3O2/c1-4-9-11(12(16)17)15-7-8(14(2)3)5-6-10(15)13-9/h5-7H,4H2,1-3H3,(H,16,17). The predicted molar refractivity (Wildman–Crippen MR) is 65.9 cm³/mol. The molecule has 90 valence electrons. The van der Waals surface area contributed by atoms with Gasteiger partial charge in [0.15, 0.2) is 5.69 Å². The Bertz CT molecular complexity index is 572. The Hall–Kier alpha value is -2.04. The summed E-state index contributed by atoms with van der Waals surface area (Å²) in [4.78, 5) is 17.5. The van der Waals surface area contributed by atoms with Crippen LogP contribution in [0.15, 0.2) is 18.3 Å². The maximum Gasteiger partial charge on any atom is 0.354 e. The van der Waals surface area contributed by atoms with E-state index in [-0.39, 0.29) is 5.69 Å². The molecule has 0 atom stereocenters. The number of aromatic nitrogens is 2. The second kappa shape index (κ2) is 4.08. The van der Waals surface area contributed by atoms with Crippen molar-refractivity contribution in [3.8, 4) is 0 Å². The molecule has 0 radical (unpaired) electrons. The van der Waals surface area contributed by atoms with Crippen LogP contribution >= 0.6 is 0 Å². The molecule has 2 heterocycles. The molecule has 0 aliphatic carbocycles. The van der Waals surface area contributed by atoms with Crippen LogP contribution in [-0.4, -0.2) is 34.6 Å². The number of aromatic carboxylic acids is 1. The Labute approximate surface area is 99.3 Å². The van der Waals surface area contributed by atoms with E-state index in [1.807, 2.05) is 38.1 Å². The molecule has 0 saturated carbocycles. The second-order valence-corrected chi connectivity index (χ2v) is 4.08. The second-order valence-electron chi connectivity index (χ2n) is 4.08. The summed E-state index contributed by atoms with van der Waals surface area (Å²) in [5, 5.41) is 9.24. The van der Waals surface area contributed by atoms with Gasteiger partial charge in [0.25, 0.3) is 0 Å². The third kappa shape index (κ3) is 1.84. The van der Waals surface area contributed by atoms with E-state index in [0.717, 1.165) is 5.69 Å². The van der Waals surface area contributed by atoms with Gasteiger partial charge in [0.2, 0.25) is 0 Å². The van der Waals surface area contributed by atoms with E-state index in [0.29, 0.717) is 17.8 Å². The van der Waals surface area contributed by atoms with Crippen molar-refractivity contribution in [3.05, 3.63) is 29.7 Å². The predicted octanol–water partition coefficient (Wildman–Crippen LogP) is 1.66. The van der Waals surface area contributed by atoms with Crippen molar-refractivity contribution in [3.63, 3.8) is 0 Å². The van der Waals surface area contributed by atoms with Gasteiger partial charge in [0.1, 0.15) is 5.65 Å². The first kappa shape index (κ1) is 11.4. The number of rotatable bonds is 3. The highest BCUT2D eigenvalue weighted by Crippen LogP contribution is 2.18. The summed E-state index contributed by atoms with van der Waals surface area (Å²) in [6.07, 6.45) is 2.41. The van der Waals surface area contributed by atoms with Crippen molar-refractivity contribution in [2.45, 2.75) is 13.3 Å². The van der Waals surface area contributed by atoms with E-state index in [4.69, 9.17) is 0 Å². The molecule has 1 N–H and O–H groups in total. The van der Waals surface area contributed by atoms with Gasteiger partial charge in [-0.25, -0.2) is 9.78 Å². The van der Waals surface area contributed by atoms with E-state index in [1.165, 1.54) is 0 Å². The zero-order valence-corrected chi connectivity index (χ0v) is 10.1. The number of pyridine rings is 1. The van der Waals surface area contributed by atoms with Crippen LogP contribution < -0.4 is 4.90 Å². The van der Waals surface area contributed by atoms with Crippen LogP contribution in [0.5, 0.6) is 0 Å². The van der Waals surface area contributed by atoms with Gasteiger partial charge in [-0.2, -0.15) is 0 Å². The number of carbonyl (C=O) groups is 1. The van der Waals surface area contributed by atoms with Gasteiger partial charge < -0.3 is 10.0 Å². The maximum atomic E-state index is 11.3. The van der Waals surface area contributed by atoms with Gasteiger partial charge in [0, 0.05) is 20.3 Å². The zero-order chi connectivity index (χ0) is 12.6.